The third-order valence-corrected chi connectivity index (χ3v) is 4.97. The van der Waals surface area contributed by atoms with Crippen LogP contribution >= 0.6 is 11.5 Å². The van der Waals surface area contributed by atoms with E-state index in [-0.39, 0.29) is 16.8 Å². The number of rotatable bonds is 3. The Hall–Kier alpha value is -2.70. The van der Waals surface area contributed by atoms with E-state index in [1.165, 1.54) is 4.90 Å². The molecule has 13 heteroatoms. The summed E-state index contributed by atoms with van der Waals surface area (Å²) in [5.74, 6) is 0. The predicted octanol–water partition coefficient (Wildman–Crippen LogP) is 4.85. The summed E-state index contributed by atoms with van der Waals surface area (Å²) in [7, 11) is 0. The van der Waals surface area contributed by atoms with Gasteiger partial charge in [0.15, 0.2) is 0 Å². The molecule has 6 nitrogen and oxygen atoms in total. The summed E-state index contributed by atoms with van der Waals surface area (Å²) in [5.41, 5.74) is -4.54. The van der Waals surface area contributed by atoms with Gasteiger partial charge in [-0.05, 0) is 42.6 Å². The molecule has 1 aromatic heterocycles. The number of carbonyl (C=O) groups excluding carboxylic acids is 1. The van der Waals surface area contributed by atoms with Crippen LogP contribution in [0.5, 0.6) is 0 Å². The number of likely N-dealkylation sites (tertiary alicyclic amines) is 1. The van der Waals surface area contributed by atoms with E-state index in [1.807, 2.05) is 0 Å². The van der Waals surface area contributed by atoms with Crippen LogP contribution in [-0.4, -0.2) is 28.4 Å². The lowest BCUT2D eigenvalue weighted by Crippen LogP contribution is -2.33. The summed E-state index contributed by atoms with van der Waals surface area (Å²) in [6.45, 7) is 0.971. The molecule has 1 aromatic carbocycles. The van der Waals surface area contributed by atoms with E-state index in [1.54, 1.807) is 0 Å². The van der Waals surface area contributed by atoms with E-state index >= 15 is 0 Å². The van der Waals surface area contributed by atoms with Gasteiger partial charge in [-0.15, -0.1) is 0 Å². The Kier molecular flexibility index (Phi) is 5.52. The minimum Gasteiger partial charge on any atom is -0.344 e. The molecular formula is C16H14F6N4O2S. The largest absolute Gasteiger partial charge is 0.416 e. The van der Waals surface area contributed by atoms with Crippen molar-refractivity contribution >= 4 is 33.9 Å². The summed E-state index contributed by atoms with van der Waals surface area (Å²) >= 11 is 0.638. The highest BCUT2D eigenvalue weighted by molar-refractivity contribution is 7.11. The molecule has 0 aliphatic carbocycles. The first-order chi connectivity index (χ1) is 13.4. The van der Waals surface area contributed by atoms with Gasteiger partial charge < -0.3 is 15.5 Å². The standard InChI is InChI=1S/C16H14F6N4O2S/c17-15(18,19)8-5-9(16(20,21)22)7-10(6-8)23-13-11(12(27)25-29-13)24-14(28)26-3-1-2-4-26/h5-7,23H,1-4H2,(H,24,28)(H,25,27). The van der Waals surface area contributed by atoms with Crippen LogP contribution < -0.4 is 16.2 Å². The van der Waals surface area contributed by atoms with E-state index in [2.05, 4.69) is 15.0 Å². The number of aromatic amines is 1. The van der Waals surface area contributed by atoms with Crippen molar-refractivity contribution in [1.29, 1.82) is 0 Å². The number of carbonyl (C=O) groups is 1. The maximum Gasteiger partial charge on any atom is 0.416 e. The van der Waals surface area contributed by atoms with Gasteiger partial charge in [-0.25, -0.2) is 4.79 Å². The van der Waals surface area contributed by atoms with Crippen LogP contribution in [0.15, 0.2) is 23.0 Å². The highest BCUT2D eigenvalue weighted by Gasteiger charge is 2.37. The Labute approximate surface area is 163 Å². The molecule has 2 amide bonds. The number of nitrogens with one attached hydrogen (secondary N) is 3. The summed E-state index contributed by atoms with van der Waals surface area (Å²) in [6.07, 6.45) is -8.42. The smallest absolute Gasteiger partial charge is 0.344 e. The van der Waals surface area contributed by atoms with E-state index in [0.29, 0.717) is 36.8 Å². The van der Waals surface area contributed by atoms with Crippen LogP contribution in [0, 0.1) is 0 Å². The Balaban J connectivity index is 1.92. The van der Waals surface area contributed by atoms with Crippen LogP contribution in [0.1, 0.15) is 24.0 Å². The number of amides is 2. The number of aromatic nitrogens is 1. The molecule has 0 spiro atoms. The quantitative estimate of drug-likeness (QED) is 0.598. The minimum absolute atomic E-state index is 0.000809. The first-order valence-corrected chi connectivity index (χ1v) is 9.10. The topological polar surface area (TPSA) is 77.2 Å². The number of hydrogen-bond acceptors (Lipinski definition) is 4. The number of halogens is 6. The molecule has 0 unspecified atom stereocenters. The molecule has 3 N–H and O–H groups in total. The molecule has 0 atom stereocenters. The normalized spacial score (nSPS) is 14.9. The first kappa shape index (κ1) is 21.0. The molecule has 2 heterocycles. The van der Waals surface area contributed by atoms with Gasteiger partial charge in [0.2, 0.25) is 0 Å². The van der Waals surface area contributed by atoms with Gasteiger partial charge in [0.25, 0.3) is 5.56 Å². The average molecular weight is 440 g/mol. The number of urea groups is 1. The van der Waals surface area contributed by atoms with E-state index in [0.717, 1.165) is 12.8 Å². The summed E-state index contributed by atoms with van der Waals surface area (Å²) in [5, 5.41) is 4.61. The van der Waals surface area contributed by atoms with Crippen molar-refractivity contribution < 1.29 is 31.1 Å². The molecule has 158 valence electrons. The maximum absolute atomic E-state index is 13.0. The highest BCUT2D eigenvalue weighted by atomic mass is 32.1. The monoisotopic (exact) mass is 440 g/mol. The summed E-state index contributed by atoms with van der Waals surface area (Å²) in [4.78, 5) is 25.6. The molecule has 0 bridgehead atoms. The zero-order valence-corrected chi connectivity index (χ0v) is 15.3. The zero-order chi connectivity index (χ0) is 21.4. The second-order valence-electron chi connectivity index (χ2n) is 6.28. The molecule has 1 aliphatic heterocycles. The van der Waals surface area contributed by atoms with E-state index < -0.39 is 40.8 Å². The van der Waals surface area contributed by atoms with E-state index in [9.17, 15) is 35.9 Å². The average Bonchev–Trinajstić information content (AvgIpc) is 3.26. The van der Waals surface area contributed by atoms with Gasteiger partial charge in [-0.2, -0.15) is 26.3 Å². The molecule has 2 aromatic rings. The van der Waals surface area contributed by atoms with Gasteiger partial charge in [-0.1, -0.05) is 0 Å². The third kappa shape index (κ3) is 4.83. The van der Waals surface area contributed by atoms with Crippen LogP contribution in [-0.2, 0) is 12.4 Å². The van der Waals surface area contributed by atoms with Crippen molar-refractivity contribution in [2.75, 3.05) is 23.7 Å². The lowest BCUT2D eigenvalue weighted by molar-refractivity contribution is -0.143. The van der Waals surface area contributed by atoms with E-state index in [4.69, 9.17) is 0 Å². The Bertz CT molecular complexity index is 927. The van der Waals surface area contributed by atoms with Crippen molar-refractivity contribution in [1.82, 2.24) is 9.27 Å². The lowest BCUT2D eigenvalue weighted by Gasteiger charge is -2.17. The number of H-pyrrole nitrogens is 1. The van der Waals surface area contributed by atoms with Gasteiger partial charge >= 0.3 is 18.4 Å². The van der Waals surface area contributed by atoms with Crippen molar-refractivity contribution in [2.45, 2.75) is 25.2 Å². The fourth-order valence-corrected chi connectivity index (χ4v) is 3.48. The number of nitrogens with zero attached hydrogens (tertiary/aromatic N) is 1. The fraction of sp³-hybridized carbons (Fsp3) is 0.375. The Morgan fingerprint density at radius 2 is 1.55 bits per heavy atom. The van der Waals surface area contributed by atoms with Crippen molar-refractivity contribution in [3.05, 3.63) is 39.7 Å². The zero-order valence-electron chi connectivity index (χ0n) is 14.5. The van der Waals surface area contributed by atoms with Crippen LogP contribution in [0.2, 0.25) is 0 Å². The SMILES string of the molecule is O=C(Nc1c(Nc2cc(C(F)(F)F)cc(C(F)(F)F)c2)s[nH]c1=O)N1CCCC1. The Morgan fingerprint density at radius 1 is 1.00 bits per heavy atom. The summed E-state index contributed by atoms with van der Waals surface area (Å²) in [6, 6.07) is 0.409. The number of hydrogen-bond donors (Lipinski definition) is 3. The molecule has 1 saturated heterocycles. The summed E-state index contributed by atoms with van der Waals surface area (Å²) < 4.78 is 80.2. The number of anilines is 3. The molecular weight excluding hydrogens is 426 g/mol. The van der Waals surface area contributed by atoms with Crippen molar-refractivity contribution in [3.63, 3.8) is 0 Å². The predicted molar refractivity (Wildman–Crippen MR) is 94.5 cm³/mol. The maximum atomic E-state index is 13.0. The minimum atomic E-state index is -5.00. The third-order valence-electron chi connectivity index (χ3n) is 4.17. The van der Waals surface area contributed by atoms with Crippen LogP contribution in [0.4, 0.5) is 47.5 Å². The van der Waals surface area contributed by atoms with Gasteiger partial charge in [-0.3, -0.25) is 9.17 Å². The molecule has 29 heavy (non-hydrogen) atoms. The van der Waals surface area contributed by atoms with Gasteiger partial charge in [0, 0.05) is 18.8 Å². The second kappa shape index (κ2) is 7.61. The molecule has 0 radical (unpaired) electrons. The molecule has 1 fully saturated rings. The van der Waals surface area contributed by atoms with Crippen molar-refractivity contribution in [3.8, 4) is 0 Å². The first-order valence-electron chi connectivity index (χ1n) is 8.29. The van der Waals surface area contributed by atoms with Crippen LogP contribution in [0.25, 0.3) is 0 Å². The molecule has 0 saturated carbocycles. The van der Waals surface area contributed by atoms with Crippen LogP contribution in [0.3, 0.4) is 0 Å². The lowest BCUT2D eigenvalue weighted by atomic mass is 10.1. The van der Waals surface area contributed by atoms with Crippen molar-refractivity contribution in [2.24, 2.45) is 0 Å². The van der Waals surface area contributed by atoms with Gasteiger partial charge in [0.1, 0.15) is 10.7 Å². The highest BCUT2D eigenvalue weighted by Crippen LogP contribution is 2.39. The fourth-order valence-electron chi connectivity index (χ4n) is 2.77. The van der Waals surface area contributed by atoms with Gasteiger partial charge in [0.05, 0.1) is 11.1 Å². The molecule has 1 aliphatic rings. The number of alkyl halides is 6. The number of benzene rings is 1. The second-order valence-corrected chi connectivity index (χ2v) is 7.10. The Morgan fingerprint density at radius 3 is 2.07 bits per heavy atom. The molecule has 3 rings (SSSR count).